The lowest BCUT2D eigenvalue weighted by Crippen LogP contribution is -2.27. The molecule has 0 saturated carbocycles. The van der Waals surface area contributed by atoms with Crippen LogP contribution < -0.4 is 5.32 Å². The number of aromatic nitrogens is 1. The quantitative estimate of drug-likeness (QED) is 0.745. The number of rotatable bonds is 2. The van der Waals surface area contributed by atoms with E-state index in [2.05, 4.69) is 29.4 Å². The van der Waals surface area contributed by atoms with E-state index in [0.717, 1.165) is 0 Å². The summed E-state index contributed by atoms with van der Waals surface area (Å²) in [6.07, 6.45) is 4.47. The first kappa shape index (κ1) is 8.70. The van der Waals surface area contributed by atoms with Crippen LogP contribution >= 0.6 is 0 Å². The van der Waals surface area contributed by atoms with Gasteiger partial charge in [-0.05, 0) is 31.5 Å². The molecule has 1 fully saturated rings. The monoisotopic (exact) mass is 176 g/mol. The van der Waals surface area contributed by atoms with Gasteiger partial charge in [0.1, 0.15) is 0 Å². The van der Waals surface area contributed by atoms with Crippen LogP contribution in [0.15, 0.2) is 24.4 Å². The lowest BCUT2D eigenvalue weighted by atomic mass is 9.96. The van der Waals surface area contributed by atoms with Crippen molar-refractivity contribution in [2.24, 2.45) is 0 Å². The van der Waals surface area contributed by atoms with Crippen LogP contribution in [-0.4, -0.2) is 17.6 Å². The summed E-state index contributed by atoms with van der Waals surface area (Å²) in [5, 5.41) is 3.51. The Labute approximate surface area is 79.4 Å². The van der Waals surface area contributed by atoms with Crippen LogP contribution in [0.1, 0.15) is 31.4 Å². The molecule has 2 nitrogen and oxygen atoms in total. The number of nitrogens with one attached hydrogen (secondary N) is 1. The zero-order valence-corrected chi connectivity index (χ0v) is 8.03. The van der Waals surface area contributed by atoms with Gasteiger partial charge in [0.25, 0.3) is 0 Å². The van der Waals surface area contributed by atoms with Gasteiger partial charge in [-0.2, -0.15) is 0 Å². The van der Waals surface area contributed by atoms with Crippen molar-refractivity contribution in [3.8, 4) is 0 Å². The molecule has 2 heteroatoms. The maximum absolute atomic E-state index is 4.38. The minimum Gasteiger partial charge on any atom is -0.313 e. The molecule has 70 valence electrons. The van der Waals surface area contributed by atoms with Gasteiger partial charge in [0.15, 0.2) is 0 Å². The predicted octanol–water partition coefficient (Wildman–Crippen LogP) is 1.94. The van der Waals surface area contributed by atoms with E-state index in [1.807, 2.05) is 12.3 Å². The average Bonchev–Trinajstić information content (AvgIpc) is 2.71. The highest BCUT2D eigenvalue weighted by Crippen LogP contribution is 2.22. The maximum Gasteiger partial charge on any atom is 0.0447 e. The van der Waals surface area contributed by atoms with E-state index >= 15 is 0 Å². The summed E-state index contributed by atoms with van der Waals surface area (Å²) < 4.78 is 0. The topological polar surface area (TPSA) is 24.9 Å². The predicted molar refractivity (Wildman–Crippen MR) is 53.7 cm³/mol. The third-order valence-corrected chi connectivity index (χ3v) is 2.86. The highest BCUT2D eigenvalue weighted by molar-refractivity contribution is 5.11. The van der Waals surface area contributed by atoms with Gasteiger partial charge < -0.3 is 5.32 Å². The highest BCUT2D eigenvalue weighted by atomic mass is 14.9. The van der Waals surface area contributed by atoms with Gasteiger partial charge in [-0.25, -0.2) is 0 Å². The second kappa shape index (κ2) is 3.88. The van der Waals surface area contributed by atoms with Crippen molar-refractivity contribution in [3.05, 3.63) is 30.1 Å². The van der Waals surface area contributed by atoms with Gasteiger partial charge in [0, 0.05) is 23.9 Å². The highest BCUT2D eigenvalue weighted by Gasteiger charge is 2.22. The van der Waals surface area contributed by atoms with Gasteiger partial charge in [-0.1, -0.05) is 13.0 Å². The van der Waals surface area contributed by atoms with Gasteiger partial charge >= 0.3 is 0 Å². The van der Waals surface area contributed by atoms with Gasteiger partial charge in [0.2, 0.25) is 0 Å². The van der Waals surface area contributed by atoms with E-state index in [1.165, 1.54) is 25.1 Å². The largest absolute Gasteiger partial charge is 0.313 e. The van der Waals surface area contributed by atoms with E-state index in [9.17, 15) is 0 Å². The number of hydrogen-bond donors (Lipinski definition) is 1. The molecule has 0 amide bonds. The molecule has 2 atom stereocenters. The molecule has 0 bridgehead atoms. The molecule has 1 unspecified atom stereocenters. The van der Waals surface area contributed by atoms with Gasteiger partial charge in [-0.15, -0.1) is 0 Å². The van der Waals surface area contributed by atoms with Crippen LogP contribution in [0.3, 0.4) is 0 Å². The van der Waals surface area contributed by atoms with Crippen molar-refractivity contribution in [3.63, 3.8) is 0 Å². The molecule has 2 heterocycles. The minimum absolute atomic E-state index is 0.545. The fraction of sp³-hybridized carbons (Fsp3) is 0.545. The molecule has 1 aliphatic heterocycles. The van der Waals surface area contributed by atoms with Crippen molar-refractivity contribution < 1.29 is 0 Å². The standard InChI is InChI=1S/C11H16N2/c1-9(11-6-4-8-13-11)10-5-2-3-7-12-10/h2-3,5,7,9,11,13H,4,6,8H2,1H3/t9?,11-/m1/s1. The molecule has 13 heavy (non-hydrogen) atoms. The Morgan fingerprint density at radius 1 is 1.54 bits per heavy atom. The molecule has 1 saturated heterocycles. The number of pyridine rings is 1. The lowest BCUT2D eigenvalue weighted by Gasteiger charge is -2.18. The summed E-state index contributed by atoms with van der Waals surface area (Å²) in [5.41, 5.74) is 1.21. The maximum atomic E-state index is 4.38. The Balaban J connectivity index is 2.08. The van der Waals surface area contributed by atoms with Crippen molar-refractivity contribution >= 4 is 0 Å². The summed E-state index contributed by atoms with van der Waals surface area (Å²) >= 11 is 0. The van der Waals surface area contributed by atoms with Crippen molar-refractivity contribution in [2.75, 3.05) is 6.54 Å². The molecular weight excluding hydrogens is 160 g/mol. The summed E-state index contributed by atoms with van der Waals surface area (Å²) in [4.78, 5) is 4.38. The van der Waals surface area contributed by atoms with Crippen LogP contribution in [0.4, 0.5) is 0 Å². The van der Waals surface area contributed by atoms with E-state index in [4.69, 9.17) is 0 Å². The molecule has 0 aliphatic carbocycles. The molecule has 1 aromatic rings. The third-order valence-electron chi connectivity index (χ3n) is 2.86. The van der Waals surface area contributed by atoms with Crippen LogP contribution in [-0.2, 0) is 0 Å². The van der Waals surface area contributed by atoms with E-state index in [1.54, 1.807) is 0 Å². The molecule has 0 aromatic carbocycles. The van der Waals surface area contributed by atoms with Crippen molar-refractivity contribution in [2.45, 2.75) is 31.7 Å². The van der Waals surface area contributed by atoms with Crippen molar-refractivity contribution in [1.82, 2.24) is 10.3 Å². The van der Waals surface area contributed by atoms with E-state index in [-0.39, 0.29) is 0 Å². The van der Waals surface area contributed by atoms with E-state index < -0.39 is 0 Å². The number of nitrogens with zero attached hydrogens (tertiary/aromatic N) is 1. The lowest BCUT2D eigenvalue weighted by molar-refractivity contribution is 0.508. The molecule has 1 N–H and O–H groups in total. The second-order valence-corrected chi connectivity index (χ2v) is 3.75. The molecule has 0 spiro atoms. The first-order valence-electron chi connectivity index (χ1n) is 5.02. The fourth-order valence-corrected chi connectivity index (χ4v) is 1.99. The molecule has 1 aliphatic rings. The SMILES string of the molecule is CC(c1ccccn1)[C@H]1CCCN1. The molecule has 1 aromatic heterocycles. The summed E-state index contributed by atoms with van der Waals surface area (Å²) in [7, 11) is 0. The Morgan fingerprint density at radius 2 is 2.46 bits per heavy atom. The molecule has 0 radical (unpaired) electrons. The normalized spacial score (nSPS) is 24.5. The zero-order chi connectivity index (χ0) is 9.10. The Kier molecular flexibility index (Phi) is 2.60. The molecular formula is C11H16N2. The number of hydrogen-bond acceptors (Lipinski definition) is 2. The first-order valence-corrected chi connectivity index (χ1v) is 5.02. The van der Waals surface area contributed by atoms with Crippen LogP contribution in [0, 0.1) is 0 Å². The van der Waals surface area contributed by atoms with Gasteiger partial charge in [0.05, 0.1) is 0 Å². The summed E-state index contributed by atoms with van der Waals surface area (Å²) in [6, 6.07) is 6.78. The van der Waals surface area contributed by atoms with Crippen LogP contribution in [0.5, 0.6) is 0 Å². The average molecular weight is 176 g/mol. The summed E-state index contributed by atoms with van der Waals surface area (Å²) in [5.74, 6) is 0.545. The minimum atomic E-state index is 0.545. The Hall–Kier alpha value is -0.890. The summed E-state index contributed by atoms with van der Waals surface area (Å²) in [6.45, 7) is 3.42. The van der Waals surface area contributed by atoms with Gasteiger partial charge in [-0.3, -0.25) is 4.98 Å². The Bertz CT molecular complexity index is 252. The van der Waals surface area contributed by atoms with Crippen molar-refractivity contribution in [1.29, 1.82) is 0 Å². The van der Waals surface area contributed by atoms with Crippen LogP contribution in [0.2, 0.25) is 0 Å². The Morgan fingerprint density at radius 3 is 3.08 bits per heavy atom. The fourth-order valence-electron chi connectivity index (χ4n) is 1.99. The smallest absolute Gasteiger partial charge is 0.0447 e. The molecule has 2 rings (SSSR count). The van der Waals surface area contributed by atoms with Crippen LogP contribution in [0.25, 0.3) is 0 Å². The first-order chi connectivity index (χ1) is 6.38. The van der Waals surface area contributed by atoms with E-state index in [0.29, 0.717) is 12.0 Å². The third kappa shape index (κ3) is 1.89. The zero-order valence-electron chi connectivity index (χ0n) is 8.03. The second-order valence-electron chi connectivity index (χ2n) is 3.75.